The number of aromatic nitrogens is 2. The Kier molecular flexibility index (Phi) is 7.95. The highest BCUT2D eigenvalue weighted by atomic mass is 19.4. The van der Waals surface area contributed by atoms with Crippen LogP contribution >= 0.6 is 0 Å². The van der Waals surface area contributed by atoms with Crippen LogP contribution in [0.1, 0.15) is 30.9 Å². The predicted octanol–water partition coefficient (Wildman–Crippen LogP) is 4.10. The highest BCUT2D eigenvalue weighted by Crippen LogP contribution is 2.34. The summed E-state index contributed by atoms with van der Waals surface area (Å²) in [4.78, 5) is 41.5. The third-order valence-corrected chi connectivity index (χ3v) is 5.33. The molecule has 0 saturated carbocycles. The summed E-state index contributed by atoms with van der Waals surface area (Å²) >= 11 is 0. The zero-order valence-electron chi connectivity index (χ0n) is 19.0. The first-order chi connectivity index (χ1) is 16.6. The molecule has 0 bridgehead atoms. The largest absolute Gasteiger partial charge is 0.417 e. The lowest BCUT2D eigenvalue weighted by atomic mass is 10.0. The molecular formula is C25H25F3N4O3. The average molecular weight is 486 g/mol. The Balaban J connectivity index is 2.19. The molecule has 1 amide bonds. The topological polar surface area (TPSA) is 101 Å². The molecule has 35 heavy (non-hydrogen) atoms. The van der Waals surface area contributed by atoms with Gasteiger partial charge in [0.05, 0.1) is 12.1 Å². The first-order valence-corrected chi connectivity index (χ1v) is 11.0. The number of carbonyl (C=O) groups is 1. The monoisotopic (exact) mass is 486 g/mol. The van der Waals surface area contributed by atoms with Gasteiger partial charge in [-0.05, 0) is 17.5 Å². The van der Waals surface area contributed by atoms with E-state index >= 15 is 0 Å². The van der Waals surface area contributed by atoms with E-state index in [0.29, 0.717) is 18.1 Å². The van der Waals surface area contributed by atoms with Gasteiger partial charge in [-0.15, -0.1) is 0 Å². The zero-order chi connectivity index (χ0) is 25.6. The molecule has 0 spiro atoms. The maximum absolute atomic E-state index is 13.9. The fourth-order valence-electron chi connectivity index (χ4n) is 3.56. The molecule has 0 radical (unpaired) electrons. The van der Waals surface area contributed by atoms with E-state index in [1.807, 2.05) is 6.92 Å². The van der Waals surface area contributed by atoms with Crippen LogP contribution in [0.5, 0.6) is 0 Å². The van der Waals surface area contributed by atoms with Gasteiger partial charge in [0.25, 0.3) is 11.5 Å². The van der Waals surface area contributed by atoms with E-state index in [0.717, 1.165) is 15.9 Å². The lowest BCUT2D eigenvalue weighted by molar-refractivity contribution is -0.114. The summed E-state index contributed by atoms with van der Waals surface area (Å²) in [7, 11) is 0. The molecule has 0 aliphatic carbocycles. The van der Waals surface area contributed by atoms with Crippen molar-refractivity contribution in [2.45, 2.75) is 39.0 Å². The number of aromatic amines is 1. The number of nitrogens with one attached hydrogen (secondary N) is 1. The van der Waals surface area contributed by atoms with Gasteiger partial charge in [0.2, 0.25) is 0 Å². The van der Waals surface area contributed by atoms with Crippen molar-refractivity contribution in [2.75, 3.05) is 10.6 Å². The van der Waals surface area contributed by atoms with E-state index in [1.165, 1.54) is 24.3 Å². The molecule has 3 N–H and O–H groups in total. The van der Waals surface area contributed by atoms with Crippen molar-refractivity contribution in [3.8, 4) is 0 Å². The van der Waals surface area contributed by atoms with Crippen molar-refractivity contribution in [3.63, 3.8) is 0 Å². The Morgan fingerprint density at radius 1 is 1.06 bits per heavy atom. The summed E-state index contributed by atoms with van der Waals surface area (Å²) in [6.07, 6.45) is -3.11. The van der Waals surface area contributed by atoms with Gasteiger partial charge in [0.15, 0.2) is 5.69 Å². The van der Waals surface area contributed by atoms with Gasteiger partial charge < -0.3 is 5.73 Å². The predicted molar refractivity (Wildman–Crippen MR) is 129 cm³/mol. The molecule has 0 atom stereocenters. The maximum Gasteiger partial charge on any atom is 0.417 e. The molecule has 3 rings (SSSR count). The number of nitrogens with two attached hydrogens (primary N) is 1. The number of unbranched alkanes of at least 4 members (excludes halogenated alkanes) is 1. The summed E-state index contributed by atoms with van der Waals surface area (Å²) in [5.41, 5.74) is 3.21. The fraction of sp³-hybridized carbons (Fsp3) is 0.240. The zero-order valence-corrected chi connectivity index (χ0v) is 19.0. The molecule has 2 aromatic carbocycles. The summed E-state index contributed by atoms with van der Waals surface area (Å²) in [6.45, 7) is 1.83. The molecule has 0 aliphatic rings. The number of nitrogens with zero attached hydrogens (tertiary/aromatic N) is 2. The van der Waals surface area contributed by atoms with Crippen LogP contribution in [0.15, 0.2) is 76.3 Å². The van der Waals surface area contributed by atoms with Crippen molar-refractivity contribution in [1.82, 2.24) is 9.55 Å². The molecule has 0 fully saturated rings. The molecule has 184 valence electrons. The third-order valence-electron chi connectivity index (χ3n) is 5.33. The number of allylic oxidation sites excluding steroid dienone is 1. The van der Waals surface area contributed by atoms with Crippen LogP contribution in [0.25, 0.3) is 5.57 Å². The molecule has 3 aromatic rings. The van der Waals surface area contributed by atoms with Gasteiger partial charge in [-0.3, -0.25) is 24.0 Å². The number of rotatable bonds is 8. The Labute approximate surface area is 199 Å². The number of amides is 1. The SMILES string of the molecule is CCCCn1c(N)c(N(Cc2ccccc2)C(=O)/C=C(/c2ccccc2)C(F)(F)F)c(=O)[nH]c1=O. The molecule has 1 heterocycles. The summed E-state index contributed by atoms with van der Waals surface area (Å²) in [5.74, 6) is -1.40. The van der Waals surface area contributed by atoms with Gasteiger partial charge in [-0.25, -0.2) is 4.79 Å². The van der Waals surface area contributed by atoms with E-state index in [2.05, 4.69) is 4.98 Å². The molecule has 0 unspecified atom stereocenters. The van der Waals surface area contributed by atoms with E-state index in [-0.39, 0.29) is 30.2 Å². The van der Waals surface area contributed by atoms with Gasteiger partial charge in [-0.2, -0.15) is 13.2 Å². The Hall–Kier alpha value is -4.08. The van der Waals surface area contributed by atoms with Crippen LogP contribution in [0.2, 0.25) is 0 Å². The van der Waals surface area contributed by atoms with Gasteiger partial charge in [-0.1, -0.05) is 74.0 Å². The standard InChI is InChI=1S/C25H25F3N4O3/c1-2-3-14-31-22(29)21(23(34)30-24(31)35)32(16-17-10-6-4-7-11-17)20(33)15-19(25(26,27)28)18-12-8-5-9-13-18/h4-13,15H,2-3,14,16,29H2,1H3,(H,30,34,35)/b19-15-. The van der Waals surface area contributed by atoms with Crippen LogP contribution < -0.4 is 21.9 Å². The van der Waals surface area contributed by atoms with Crippen molar-refractivity contribution < 1.29 is 18.0 Å². The quantitative estimate of drug-likeness (QED) is 0.468. The minimum Gasteiger partial charge on any atom is -0.383 e. The van der Waals surface area contributed by atoms with E-state index in [4.69, 9.17) is 5.73 Å². The maximum atomic E-state index is 13.9. The first kappa shape index (κ1) is 25.5. The van der Waals surface area contributed by atoms with E-state index < -0.39 is 28.9 Å². The van der Waals surface area contributed by atoms with Crippen LogP contribution in [-0.2, 0) is 17.9 Å². The third kappa shape index (κ3) is 6.08. The second kappa shape index (κ2) is 10.9. The summed E-state index contributed by atoms with van der Waals surface area (Å²) in [5, 5.41) is 0. The normalized spacial score (nSPS) is 11.9. The molecule has 10 heteroatoms. The van der Waals surface area contributed by atoms with Crippen LogP contribution in [0.3, 0.4) is 0 Å². The number of anilines is 2. The summed E-state index contributed by atoms with van der Waals surface area (Å²) in [6, 6.07) is 15.3. The number of carbonyl (C=O) groups excluding carboxylic acids is 1. The number of hydrogen-bond donors (Lipinski definition) is 2. The van der Waals surface area contributed by atoms with Crippen LogP contribution in [-0.4, -0.2) is 21.6 Å². The molecule has 0 aliphatic heterocycles. The minimum atomic E-state index is -4.84. The van der Waals surface area contributed by atoms with Crippen LogP contribution in [0.4, 0.5) is 24.7 Å². The van der Waals surface area contributed by atoms with Gasteiger partial charge in [0.1, 0.15) is 5.82 Å². The number of hydrogen-bond acceptors (Lipinski definition) is 4. The van der Waals surface area contributed by atoms with Crippen LogP contribution in [0, 0.1) is 0 Å². The van der Waals surface area contributed by atoms with Crippen molar-refractivity contribution in [1.29, 1.82) is 0 Å². The lowest BCUT2D eigenvalue weighted by Gasteiger charge is -2.24. The van der Waals surface area contributed by atoms with Gasteiger partial charge >= 0.3 is 11.9 Å². The lowest BCUT2D eigenvalue weighted by Crippen LogP contribution is -2.40. The fourth-order valence-corrected chi connectivity index (χ4v) is 3.56. The number of nitrogen functional groups attached to an aromatic ring is 1. The van der Waals surface area contributed by atoms with Crippen molar-refractivity contribution >= 4 is 23.0 Å². The second-order valence-corrected chi connectivity index (χ2v) is 7.83. The Bertz CT molecular complexity index is 1310. The van der Waals surface area contributed by atoms with E-state index in [1.54, 1.807) is 36.4 Å². The highest BCUT2D eigenvalue weighted by Gasteiger charge is 2.36. The summed E-state index contributed by atoms with van der Waals surface area (Å²) < 4.78 is 42.8. The number of benzene rings is 2. The molecule has 1 aromatic heterocycles. The minimum absolute atomic E-state index is 0.173. The number of alkyl halides is 3. The molecular weight excluding hydrogens is 461 g/mol. The van der Waals surface area contributed by atoms with Crippen molar-refractivity contribution in [2.24, 2.45) is 0 Å². The Morgan fingerprint density at radius 2 is 1.66 bits per heavy atom. The number of halogens is 3. The molecule has 7 nitrogen and oxygen atoms in total. The second-order valence-electron chi connectivity index (χ2n) is 7.83. The smallest absolute Gasteiger partial charge is 0.383 e. The van der Waals surface area contributed by atoms with Gasteiger partial charge in [0, 0.05) is 12.6 Å². The Morgan fingerprint density at radius 3 is 2.23 bits per heavy atom. The van der Waals surface area contributed by atoms with E-state index in [9.17, 15) is 27.6 Å². The highest BCUT2D eigenvalue weighted by molar-refractivity contribution is 6.07. The van der Waals surface area contributed by atoms with Crippen molar-refractivity contribution in [3.05, 3.63) is 98.7 Å². The number of H-pyrrole nitrogens is 1. The molecule has 0 saturated heterocycles. The average Bonchev–Trinajstić information content (AvgIpc) is 2.82. The first-order valence-electron chi connectivity index (χ1n) is 11.0.